The Hall–Kier alpha value is -0.706. The Morgan fingerprint density at radius 1 is 1.02 bits per heavy atom. The number of hydrogen-bond donors (Lipinski definition) is 3. The minimum Gasteiger partial charge on any atom is -0.414 e. The van der Waals surface area contributed by atoms with Crippen LogP contribution < -0.4 is 11.2 Å². The molecule has 3 saturated heterocycles. The highest BCUT2D eigenvalue weighted by molar-refractivity contribution is 7.98. The first-order valence-electron chi connectivity index (χ1n) is 16.0. The van der Waals surface area contributed by atoms with E-state index in [1.54, 1.807) is 0 Å². The van der Waals surface area contributed by atoms with Crippen LogP contribution in [0.5, 0.6) is 0 Å². The normalized spacial score (nSPS) is 33.0. The second-order valence-electron chi connectivity index (χ2n) is 13.4. The molecule has 47 heavy (non-hydrogen) atoms. The van der Waals surface area contributed by atoms with Crippen molar-refractivity contribution in [2.24, 2.45) is 0 Å². The molecule has 3 aliphatic rings. The molecule has 0 spiro atoms. The van der Waals surface area contributed by atoms with Gasteiger partial charge in [0.05, 0.1) is 19.2 Å². The number of ether oxygens (including phenoxy) is 4. The lowest BCUT2D eigenvalue weighted by Crippen LogP contribution is -2.66. The molecule has 2 unspecified atom stereocenters. The quantitative estimate of drug-likeness (QED) is 0.152. The van der Waals surface area contributed by atoms with E-state index < -0.39 is 85.8 Å². The van der Waals surface area contributed by atoms with Crippen LogP contribution >= 0.6 is 20.0 Å². The minimum absolute atomic E-state index is 0.0801. The van der Waals surface area contributed by atoms with Crippen molar-refractivity contribution < 1.29 is 51.0 Å². The average molecular weight is 743 g/mol. The van der Waals surface area contributed by atoms with Crippen LogP contribution in [0.1, 0.15) is 61.6 Å². The summed E-state index contributed by atoms with van der Waals surface area (Å²) >= 11 is 1.48. The number of rotatable bonds is 13. The number of aliphatic hydroxyl groups excluding tert-OH is 1. The van der Waals surface area contributed by atoms with E-state index in [0.29, 0.717) is 5.94 Å². The zero-order valence-electron chi connectivity index (χ0n) is 28.4. The van der Waals surface area contributed by atoms with Gasteiger partial charge in [0.2, 0.25) is 0 Å². The fourth-order valence-corrected chi connectivity index (χ4v) is 18.8. The summed E-state index contributed by atoms with van der Waals surface area (Å²) in [6.07, 6.45) is -5.04. The fourth-order valence-electron chi connectivity index (χ4n) is 6.73. The third-order valence-electron chi connectivity index (χ3n) is 9.07. The van der Waals surface area contributed by atoms with E-state index in [-0.39, 0.29) is 35.4 Å². The lowest BCUT2D eigenvalue weighted by molar-refractivity contribution is -0.195. The highest BCUT2D eigenvalue weighted by Crippen LogP contribution is 2.48. The number of fused-ring (bicyclic) bond motifs is 1. The van der Waals surface area contributed by atoms with Gasteiger partial charge in [-0.15, -0.1) is 11.8 Å². The van der Waals surface area contributed by atoms with Crippen LogP contribution in [-0.2, 0) is 41.0 Å². The molecule has 15 nitrogen and oxygen atoms in total. The van der Waals surface area contributed by atoms with Crippen LogP contribution in [0.4, 0.5) is 0 Å². The number of aromatic amines is 1. The van der Waals surface area contributed by atoms with E-state index in [0.717, 1.165) is 16.8 Å². The summed E-state index contributed by atoms with van der Waals surface area (Å²) in [6.45, 7) is 17.0. The molecule has 270 valence electrons. The van der Waals surface area contributed by atoms with Crippen LogP contribution in [0, 0.1) is 0 Å². The van der Waals surface area contributed by atoms with Crippen LogP contribution in [0.15, 0.2) is 21.9 Å². The van der Waals surface area contributed by atoms with E-state index in [4.69, 9.17) is 36.4 Å². The third-order valence-corrected chi connectivity index (χ3v) is 20.2. The molecule has 3 fully saturated rings. The molecular weight excluding hydrogens is 692 g/mol. The van der Waals surface area contributed by atoms with Crippen molar-refractivity contribution in [3.05, 3.63) is 33.1 Å². The summed E-state index contributed by atoms with van der Waals surface area (Å²) in [5, 5.41) is 11.0. The summed E-state index contributed by atoms with van der Waals surface area (Å²) in [5.41, 5.74) is -1.01. The van der Waals surface area contributed by atoms with E-state index in [2.05, 4.69) is 60.4 Å². The fraction of sp³-hybridized carbons (Fsp3) is 0.857. The van der Waals surface area contributed by atoms with Gasteiger partial charge in [0.1, 0.15) is 36.6 Å². The molecule has 0 aromatic carbocycles. The molecule has 0 amide bonds. The predicted molar refractivity (Wildman–Crippen MR) is 179 cm³/mol. The molecule has 0 aliphatic carbocycles. The van der Waals surface area contributed by atoms with Gasteiger partial charge in [0, 0.05) is 12.3 Å². The maximum Gasteiger partial charge on any atom is 0.335 e. The number of hydrogen-bond acceptors (Lipinski definition) is 13. The van der Waals surface area contributed by atoms with Crippen molar-refractivity contribution in [1.82, 2.24) is 9.55 Å². The van der Waals surface area contributed by atoms with Gasteiger partial charge >= 0.3 is 31.1 Å². The molecule has 0 radical (unpaired) electrons. The third kappa shape index (κ3) is 8.11. The van der Waals surface area contributed by atoms with Gasteiger partial charge in [-0.05, 0) is 28.4 Å². The maximum atomic E-state index is 12.5. The van der Waals surface area contributed by atoms with Gasteiger partial charge in [0.25, 0.3) is 5.56 Å². The summed E-state index contributed by atoms with van der Waals surface area (Å²) in [6, 6.07) is 1.10. The Morgan fingerprint density at radius 2 is 1.66 bits per heavy atom. The Labute approximate surface area is 282 Å². The van der Waals surface area contributed by atoms with Crippen molar-refractivity contribution in [1.29, 1.82) is 0 Å². The van der Waals surface area contributed by atoms with Gasteiger partial charge < -0.3 is 46.4 Å². The molecule has 4 heterocycles. The smallest absolute Gasteiger partial charge is 0.335 e. The van der Waals surface area contributed by atoms with Crippen molar-refractivity contribution in [2.45, 2.75) is 127 Å². The molecule has 0 bridgehead atoms. The summed E-state index contributed by atoms with van der Waals surface area (Å²) in [4.78, 5) is 35.8. The largest absolute Gasteiger partial charge is 0.414 e. The second-order valence-corrected chi connectivity index (χ2v) is 23.8. The molecule has 19 heteroatoms. The monoisotopic (exact) mass is 742 g/mol. The summed E-state index contributed by atoms with van der Waals surface area (Å²) in [5.74, 6) is 0.324. The molecule has 3 N–H and O–H groups in total. The maximum absolute atomic E-state index is 12.5. The van der Waals surface area contributed by atoms with Gasteiger partial charge in [-0.25, -0.2) is 4.79 Å². The minimum atomic E-state index is -3.53. The SMILES string of the molecule is CSCO[C@H]1C2O[Si](C(C)C)(C(C)C)O[Si](C(C)C)(C(C)C)OC[C@H]2O[C@H]1OC[C@H]1O[C@@H](n2ccc(=O)[nH]c2=O)[C@H](O)[C@@H]1O[PH](=O)O. The average Bonchev–Trinajstić information content (AvgIpc) is 3.45. The van der Waals surface area contributed by atoms with Gasteiger partial charge in [0.15, 0.2) is 12.5 Å². The van der Waals surface area contributed by atoms with Crippen LogP contribution in [0.3, 0.4) is 0 Å². The standard InChI is InChI=1S/C28H51N2O13PSSi2/c1-15(2)46(16(3)4)38-13-20-24(42-47(43-46,17(5)6)18(7)8)25(37-14-45-9)27(40-20)36-12-19-23(41-44(34)35)22(32)26(39-19)30-11-10-21(31)29-28(30)33/h10-11,15-20,22-27,32,44H,12-14H2,1-9H3,(H,34,35)(H,29,31,33)/t19-,20-,22-,23-,24?,25+,26-,27-/m1/s1. The molecule has 1 aromatic heterocycles. The first-order valence-corrected chi connectivity index (χ1v) is 22.6. The molecule has 1 aromatic rings. The number of H-pyrrole nitrogens is 1. The van der Waals surface area contributed by atoms with Crippen molar-refractivity contribution >= 4 is 37.1 Å². The zero-order chi connectivity index (χ0) is 34.8. The highest BCUT2D eigenvalue weighted by atomic mass is 32.2. The summed E-state index contributed by atoms with van der Waals surface area (Å²) in [7, 11) is -9.36. The molecule has 4 rings (SSSR count). The van der Waals surface area contributed by atoms with Crippen LogP contribution in [0.25, 0.3) is 0 Å². The lowest BCUT2D eigenvalue weighted by atomic mass is 10.1. The number of aliphatic hydroxyl groups is 1. The number of nitrogens with zero attached hydrogens (tertiary/aromatic N) is 1. The van der Waals surface area contributed by atoms with Crippen molar-refractivity contribution in [3.63, 3.8) is 0 Å². The van der Waals surface area contributed by atoms with E-state index in [1.807, 2.05) is 6.26 Å². The van der Waals surface area contributed by atoms with Gasteiger partial charge in [-0.3, -0.25) is 18.9 Å². The molecule has 9 atom stereocenters. The molecular formula is C28H51N2O13PSSi2. The molecule has 3 aliphatic heterocycles. The second kappa shape index (κ2) is 16.1. The predicted octanol–water partition coefficient (Wildman–Crippen LogP) is 2.97. The number of thioether (sulfide) groups is 1. The van der Waals surface area contributed by atoms with E-state index in [9.17, 15) is 24.2 Å². The summed E-state index contributed by atoms with van der Waals surface area (Å²) < 4.78 is 64.2. The van der Waals surface area contributed by atoms with Gasteiger partial charge in [-0.1, -0.05) is 55.4 Å². The zero-order valence-corrected chi connectivity index (χ0v) is 32.3. The number of nitrogens with one attached hydrogen (secondary N) is 1. The van der Waals surface area contributed by atoms with E-state index >= 15 is 0 Å². The van der Waals surface area contributed by atoms with E-state index in [1.165, 1.54) is 11.8 Å². The Balaban J connectivity index is 1.64. The Kier molecular flexibility index (Phi) is 13.4. The van der Waals surface area contributed by atoms with Crippen molar-refractivity contribution in [2.75, 3.05) is 25.4 Å². The molecule has 0 saturated carbocycles. The van der Waals surface area contributed by atoms with Gasteiger partial charge in [-0.2, -0.15) is 0 Å². The lowest BCUT2D eigenvalue weighted by Gasteiger charge is -2.51. The van der Waals surface area contributed by atoms with Crippen molar-refractivity contribution in [3.8, 4) is 0 Å². The first-order chi connectivity index (χ1) is 22.1. The topological polar surface area (TPSA) is 186 Å². The number of aromatic nitrogens is 2. The Bertz CT molecular complexity index is 1320. The van der Waals surface area contributed by atoms with Crippen LogP contribution in [0.2, 0.25) is 22.2 Å². The highest BCUT2D eigenvalue weighted by Gasteiger charge is 2.62. The Morgan fingerprint density at radius 3 is 2.21 bits per heavy atom. The van der Waals surface area contributed by atoms with Crippen LogP contribution in [-0.4, -0.2) is 105 Å². The first kappa shape index (κ1) is 39.1.